The number of hydrogen-bond acceptors (Lipinski definition) is 15. The molecule has 0 rings (SSSR count). The molecule has 0 heterocycles. The molecule has 0 unspecified atom stereocenters. The number of carbonyl (C=O) groups is 1. The summed E-state index contributed by atoms with van der Waals surface area (Å²) in [5.74, 6) is 0.493. The van der Waals surface area contributed by atoms with Gasteiger partial charge in [0, 0.05) is 12.4 Å². The SMILES string of the molecule is CC(C)(C)OC(=O)NCCOCCOCCOCCOCCOCCOCCOCCOCCOCCOCCOCCOCCOCCCl. The molecule has 0 saturated heterocycles. The van der Waals surface area contributed by atoms with Crippen LogP contribution in [0.15, 0.2) is 0 Å². The highest BCUT2D eigenvalue weighted by atomic mass is 35.5. The number of rotatable bonds is 41. The minimum Gasteiger partial charge on any atom is -0.444 e. The fraction of sp³-hybridized carbons (Fsp3) is 0.970. The van der Waals surface area contributed by atoms with Crippen molar-refractivity contribution in [3.05, 3.63) is 0 Å². The summed E-state index contributed by atoms with van der Waals surface area (Å²) < 4.78 is 75.7. The Balaban J connectivity index is 3.09. The number of alkyl halides is 1. The van der Waals surface area contributed by atoms with Crippen LogP contribution in [0.2, 0.25) is 0 Å². The van der Waals surface area contributed by atoms with E-state index in [0.717, 1.165) is 0 Å². The van der Waals surface area contributed by atoms with E-state index in [4.69, 9.17) is 77.9 Å². The van der Waals surface area contributed by atoms with E-state index >= 15 is 0 Å². The molecule has 1 amide bonds. The lowest BCUT2D eigenvalue weighted by Gasteiger charge is -2.19. The van der Waals surface area contributed by atoms with Gasteiger partial charge in [0.1, 0.15) is 5.60 Å². The summed E-state index contributed by atoms with van der Waals surface area (Å²) >= 11 is 5.51. The van der Waals surface area contributed by atoms with Crippen molar-refractivity contribution < 1.29 is 71.1 Å². The molecule has 0 spiro atoms. The smallest absolute Gasteiger partial charge is 0.407 e. The van der Waals surface area contributed by atoms with Crippen LogP contribution in [0.5, 0.6) is 0 Å². The van der Waals surface area contributed by atoms with Gasteiger partial charge in [0.25, 0.3) is 0 Å². The Hall–Kier alpha value is -0.960. The van der Waals surface area contributed by atoms with Crippen LogP contribution in [0.25, 0.3) is 0 Å². The van der Waals surface area contributed by atoms with Crippen molar-refractivity contribution in [3.8, 4) is 0 Å². The maximum atomic E-state index is 11.5. The van der Waals surface area contributed by atoms with Crippen LogP contribution < -0.4 is 5.32 Å². The van der Waals surface area contributed by atoms with Crippen LogP contribution in [0.3, 0.4) is 0 Å². The highest BCUT2D eigenvalue weighted by Gasteiger charge is 2.15. The van der Waals surface area contributed by atoms with Gasteiger partial charge in [-0.25, -0.2) is 4.79 Å². The third-order valence-corrected chi connectivity index (χ3v) is 5.75. The second kappa shape index (κ2) is 40.8. The Morgan fingerprint density at radius 1 is 0.380 bits per heavy atom. The largest absolute Gasteiger partial charge is 0.444 e. The number of ether oxygens (including phenoxy) is 14. The molecule has 300 valence electrons. The molecule has 16 nitrogen and oxygen atoms in total. The van der Waals surface area contributed by atoms with E-state index in [1.807, 2.05) is 20.8 Å². The molecule has 0 aliphatic carbocycles. The summed E-state index contributed by atoms with van der Waals surface area (Å²) in [4.78, 5) is 11.5. The van der Waals surface area contributed by atoms with E-state index in [2.05, 4.69) is 5.32 Å². The van der Waals surface area contributed by atoms with Gasteiger partial charge in [-0.05, 0) is 20.8 Å². The molecular weight excluding hydrogens is 686 g/mol. The van der Waals surface area contributed by atoms with Gasteiger partial charge >= 0.3 is 6.09 Å². The number of amides is 1. The Kier molecular flexibility index (Phi) is 40.0. The van der Waals surface area contributed by atoms with E-state index in [-0.39, 0.29) is 0 Å². The molecule has 0 aliphatic heterocycles. The van der Waals surface area contributed by atoms with E-state index in [1.54, 1.807) is 0 Å². The standard InChI is InChI=1S/C33H66ClNO15/c1-33(2,3)50-32(36)35-5-7-38-9-11-40-13-15-42-17-19-44-21-23-46-25-27-48-29-31-49-30-28-47-26-24-45-22-20-43-18-16-41-14-12-39-10-8-37-6-4-34/h4-31H2,1-3H3,(H,35,36). The third kappa shape index (κ3) is 45.1. The molecule has 0 atom stereocenters. The molecular formula is C33H66ClNO15. The van der Waals surface area contributed by atoms with E-state index in [1.165, 1.54) is 0 Å². The minimum absolute atomic E-state index is 0.380. The molecule has 0 bridgehead atoms. The zero-order valence-corrected chi connectivity index (χ0v) is 31.6. The Labute approximate surface area is 304 Å². The fourth-order valence-electron chi connectivity index (χ4n) is 3.34. The molecule has 0 aliphatic rings. The lowest BCUT2D eigenvalue weighted by atomic mass is 10.2. The molecule has 1 N–H and O–H groups in total. The molecule has 0 aromatic rings. The first-order chi connectivity index (χ1) is 24.5. The Morgan fingerprint density at radius 2 is 0.580 bits per heavy atom. The second-order valence-corrected chi connectivity index (χ2v) is 11.5. The van der Waals surface area contributed by atoms with Crippen LogP contribution in [-0.4, -0.2) is 196 Å². The van der Waals surface area contributed by atoms with Gasteiger partial charge in [0.15, 0.2) is 0 Å². The molecule has 0 fully saturated rings. The van der Waals surface area contributed by atoms with Gasteiger partial charge in [-0.2, -0.15) is 0 Å². The topological polar surface area (TPSA) is 158 Å². The van der Waals surface area contributed by atoms with Gasteiger partial charge in [-0.15, -0.1) is 11.6 Å². The highest BCUT2D eigenvalue weighted by molar-refractivity contribution is 6.17. The number of hydrogen-bond donors (Lipinski definition) is 1. The Bertz CT molecular complexity index is 680. The van der Waals surface area contributed by atoms with Crippen molar-refractivity contribution in [2.45, 2.75) is 26.4 Å². The quantitative estimate of drug-likeness (QED) is 0.0714. The number of halogens is 1. The van der Waals surface area contributed by atoms with Crippen LogP contribution in [0.1, 0.15) is 20.8 Å². The number of nitrogens with one attached hydrogen (secondary N) is 1. The highest BCUT2D eigenvalue weighted by Crippen LogP contribution is 2.06. The van der Waals surface area contributed by atoms with Crippen molar-refractivity contribution in [2.75, 3.05) is 184 Å². The predicted molar refractivity (Wildman–Crippen MR) is 186 cm³/mol. The maximum absolute atomic E-state index is 11.5. The zero-order valence-electron chi connectivity index (χ0n) is 30.8. The summed E-state index contributed by atoms with van der Waals surface area (Å²) in [6.45, 7) is 18.7. The summed E-state index contributed by atoms with van der Waals surface area (Å²) in [6.07, 6.45) is -0.454. The first kappa shape index (κ1) is 49.0. The average Bonchev–Trinajstić information content (AvgIpc) is 3.08. The average molecular weight is 752 g/mol. The van der Waals surface area contributed by atoms with Gasteiger partial charge in [0.2, 0.25) is 0 Å². The summed E-state index contributed by atoms with van der Waals surface area (Å²) in [5, 5.41) is 2.63. The zero-order chi connectivity index (χ0) is 36.5. The fourth-order valence-corrected chi connectivity index (χ4v) is 3.44. The van der Waals surface area contributed by atoms with Crippen LogP contribution >= 0.6 is 11.6 Å². The summed E-state index contributed by atoms with van der Waals surface area (Å²) in [6, 6.07) is 0. The third-order valence-electron chi connectivity index (χ3n) is 5.60. The van der Waals surface area contributed by atoms with Crippen molar-refractivity contribution in [1.29, 1.82) is 0 Å². The Morgan fingerprint density at radius 3 is 0.780 bits per heavy atom. The molecule has 0 aromatic carbocycles. The monoisotopic (exact) mass is 751 g/mol. The molecule has 0 aromatic heterocycles. The van der Waals surface area contributed by atoms with Crippen molar-refractivity contribution in [3.63, 3.8) is 0 Å². The van der Waals surface area contributed by atoms with Crippen LogP contribution in [-0.2, 0) is 66.3 Å². The molecule has 0 saturated carbocycles. The molecule has 0 radical (unpaired) electrons. The minimum atomic E-state index is -0.513. The summed E-state index contributed by atoms with van der Waals surface area (Å²) in [7, 11) is 0. The van der Waals surface area contributed by atoms with Crippen molar-refractivity contribution in [2.24, 2.45) is 0 Å². The lowest BCUT2D eigenvalue weighted by Crippen LogP contribution is -2.34. The first-order valence-electron chi connectivity index (χ1n) is 17.5. The van der Waals surface area contributed by atoms with Gasteiger partial charge in [0.05, 0.1) is 172 Å². The van der Waals surface area contributed by atoms with E-state index < -0.39 is 11.7 Å². The predicted octanol–water partition coefficient (Wildman–Crippen LogP) is 1.97. The van der Waals surface area contributed by atoms with Crippen molar-refractivity contribution >= 4 is 17.7 Å². The normalized spacial score (nSPS) is 11.8. The molecule has 50 heavy (non-hydrogen) atoms. The van der Waals surface area contributed by atoms with E-state index in [9.17, 15) is 4.79 Å². The second-order valence-electron chi connectivity index (χ2n) is 11.1. The van der Waals surface area contributed by atoms with Gasteiger partial charge in [-0.3, -0.25) is 0 Å². The summed E-state index contributed by atoms with van der Waals surface area (Å²) in [5.41, 5.74) is -0.513. The van der Waals surface area contributed by atoms with Crippen molar-refractivity contribution in [1.82, 2.24) is 5.32 Å². The van der Waals surface area contributed by atoms with Crippen LogP contribution in [0.4, 0.5) is 4.79 Å². The van der Waals surface area contributed by atoms with Gasteiger partial charge < -0.3 is 71.6 Å². The number of alkyl carbamates (subject to hydrolysis) is 1. The maximum Gasteiger partial charge on any atom is 0.407 e. The van der Waals surface area contributed by atoms with Crippen LogP contribution in [0, 0.1) is 0 Å². The number of carbonyl (C=O) groups excluding carboxylic acids is 1. The first-order valence-corrected chi connectivity index (χ1v) is 18.0. The van der Waals surface area contributed by atoms with Gasteiger partial charge in [-0.1, -0.05) is 0 Å². The lowest BCUT2D eigenvalue weighted by molar-refractivity contribution is -0.0289. The molecule has 17 heteroatoms. The van der Waals surface area contributed by atoms with E-state index in [0.29, 0.717) is 184 Å².